The van der Waals surface area contributed by atoms with Gasteiger partial charge in [-0.3, -0.25) is 15.0 Å². The predicted molar refractivity (Wildman–Crippen MR) is 127 cm³/mol. The Kier molecular flexibility index (Phi) is 5.96. The Morgan fingerprint density at radius 1 is 1.12 bits per heavy atom. The average molecular weight is 444 g/mol. The van der Waals surface area contributed by atoms with Gasteiger partial charge in [-0.25, -0.2) is 10.1 Å². The summed E-state index contributed by atoms with van der Waals surface area (Å²) in [7, 11) is 0. The van der Waals surface area contributed by atoms with Gasteiger partial charge in [-0.05, 0) is 61.9 Å². The Labute approximate surface area is 193 Å². The lowest BCUT2D eigenvalue weighted by Crippen LogP contribution is -2.60. The van der Waals surface area contributed by atoms with E-state index in [1.165, 1.54) is 6.42 Å². The molecule has 2 amide bonds. The van der Waals surface area contributed by atoms with Gasteiger partial charge in [0, 0.05) is 17.6 Å². The SMILES string of the molecule is Cc1c(C(=O)Nc2cccc(CC3NNC(=O)C4CCCCC34)c2)cnn1-c1ccccc1. The average Bonchev–Trinajstić information content (AvgIpc) is 3.23. The molecule has 1 saturated heterocycles. The normalized spacial score (nSPS) is 22.3. The van der Waals surface area contributed by atoms with Crippen LogP contribution in [0.4, 0.5) is 5.69 Å². The summed E-state index contributed by atoms with van der Waals surface area (Å²) in [6.45, 7) is 1.90. The van der Waals surface area contributed by atoms with Crippen LogP contribution in [0.2, 0.25) is 0 Å². The van der Waals surface area contributed by atoms with Gasteiger partial charge in [-0.2, -0.15) is 5.10 Å². The third-order valence-corrected chi connectivity index (χ3v) is 6.95. The number of nitrogens with one attached hydrogen (secondary N) is 3. The molecule has 2 aliphatic rings. The summed E-state index contributed by atoms with van der Waals surface area (Å²) in [6.07, 6.45) is 6.77. The molecular weight excluding hydrogens is 414 g/mol. The number of hydrogen-bond acceptors (Lipinski definition) is 4. The topological polar surface area (TPSA) is 88.1 Å². The first-order valence-corrected chi connectivity index (χ1v) is 11.7. The second-order valence-corrected chi connectivity index (χ2v) is 9.04. The van der Waals surface area contributed by atoms with E-state index >= 15 is 0 Å². The molecule has 1 saturated carbocycles. The molecule has 2 aromatic carbocycles. The van der Waals surface area contributed by atoms with Crippen molar-refractivity contribution in [3.8, 4) is 5.69 Å². The van der Waals surface area contributed by atoms with Gasteiger partial charge < -0.3 is 5.32 Å². The van der Waals surface area contributed by atoms with E-state index in [1.54, 1.807) is 10.9 Å². The molecular formula is C26H29N5O2. The minimum atomic E-state index is -0.178. The third kappa shape index (κ3) is 4.41. The Morgan fingerprint density at radius 2 is 1.94 bits per heavy atom. The Bertz CT molecular complexity index is 1160. The van der Waals surface area contributed by atoms with Gasteiger partial charge in [-0.15, -0.1) is 0 Å². The summed E-state index contributed by atoms with van der Waals surface area (Å²) in [4.78, 5) is 25.2. The molecule has 33 heavy (non-hydrogen) atoms. The summed E-state index contributed by atoms with van der Waals surface area (Å²) in [5, 5.41) is 7.42. The van der Waals surface area contributed by atoms with Gasteiger partial charge in [0.05, 0.1) is 23.1 Å². The van der Waals surface area contributed by atoms with Gasteiger partial charge in [0.25, 0.3) is 5.91 Å². The van der Waals surface area contributed by atoms with Crippen LogP contribution >= 0.6 is 0 Å². The van der Waals surface area contributed by atoms with E-state index in [0.29, 0.717) is 11.5 Å². The van der Waals surface area contributed by atoms with Crippen LogP contribution in [0, 0.1) is 18.8 Å². The highest BCUT2D eigenvalue weighted by molar-refractivity contribution is 6.05. The number of hydrogen-bond donors (Lipinski definition) is 3. The maximum atomic E-state index is 13.0. The molecule has 1 aliphatic carbocycles. The fourth-order valence-corrected chi connectivity index (χ4v) is 5.22. The van der Waals surface area contributed by atoms with Crippen LogP contribution in [0.1, 0.15) is 47.3 Å². The number of hydrazine groups is 1. The first-order chi connectivity index (χ1) is 16.1. The highest BCUT2D eigenvalue weighted by Crippen LogP contribution is 2.35. The van der Waals surface area contributed by atoms with E-state index < -0.39 is 0 Å². The van der Waals surface area contributed by atoms with Gasteiger partial charge in [0.2, 0.25) is 5.91 Å². The van der Waals surface area contributed by atoms with Crippen molar-refractivity contribution in [3.05, 3.63) is 77.6 Å². The maximum Gasteiger partial charge on any atom is 0.259 e. The van der Waals surface area contributed by atoms with Gasteiger partial charge in [-0.1, -0.05) is 43.2 Å². The van der Waals surface area contributed by atoms with E-state index in [4.69, 9.17) is 0 Å². The summed E-state index contributed by atoms with van der Waals surface area (Å²) in [6, 6.07) is 17.9. The van der Waals surface area contributed by atoms with E-state index in [0.717, 1.165) is 48.3 Å². The molecule has 3 N–H and O–H groups in total. The molecule has 7 heteroatoms. The van der Waals surface area contributed by atoms with Crippen LogP contribution in [-0.4, -0.2) is 27.6 Å². The standard InChI is InChI=1S/C26H29N5O2/c1-17-23(16-27-31(17)20-10-3-2-4-11-20)25(32)28-19-9-7-8-18(14-19)15-24-21-12-5-6-13-22(21)26(33)30-29-24/h2-4,7-11,14,16,21-22,24,29H,5-6,12-13,15H2,1H3,(H,28,32)(H,30,33). The highest BCUT2D eigenvalue weighted by Gasteiger charge is 2.39. The monoisotopic (exact) mass is 443 g/mol. The summed E-state index contributed by atoms with van der Waals surface area (Å²) in [5.74, 6) is 0.417. The number of aromatic nitrogens is 2. The van der Waals surface area contributed by atoms with Crippen molar-refractivity contribution in [2.45, 2.75) is 45.1 Å². The van der Waals surface area contributed by atoms with Crippen LogP contribution in [0.15, 0.2) is 60.8 Å². The van der Waals surface area contributed by atoms with Crippen molar-refractivity contribution < 1.29 is 9.59 Å². The number of carbonyl (C=O) groups excluding carboxylic acids is 2. The van der Waals surface area contributed by atoms with Crippen molar-refractivity contribution in [3.63, 3.8) is 0 Å². The fraction of sp³-hybridized carbons (Fsp3) is 0.346. The van der Waals surface area contributed by atoms with Gasteiger partial charge in [0.1, 0.15) is 0 Å². The minimum Gasteiger partial charge on any atom is -0.322 e. The summed E-state index contributed by atoms with van der Waals surface area (Å²) in [5.41, 5.74) is 10.2. The zero-order chi connectivity index (χ0) is 22.8. The smallest absolute Gasteiger partial charge is 0.259 e. The lowest BCUT2D eigenvalue weighted by Gasteiger charge is -2.41. The van der Waals surface area contributed by atoms with Crippen LogP contribution in [-0.2, 0) is 11.2 Å². The van der Waals surface area contributed by atoms with Crippen LogP contribution in [0.25, 0.3) is 5.69 Å². The van der Waals surface area contributed by atoms with E-state index in [2.05, 4.69) is 27.3 Å². The second-order valence-electron chi connectivity index (χ2n) is 9.04. The molecule has 3 aromatic rings. The number of carbonyl (C=O) groups is 2. The van der Waals surface area contributed by atoms with Gasteiger partial charge in [0.15, 0.2) is 0 Å². The van der Waals surface area contributed by atoms with Crippen LogP contribution in [0.3, 0.4) is 0 Å². The first kappa shape index (κ1) is 21.4. The van der Waals surface area contributed by atoms with Crippen LogP contribution in [0.5, 0.6) is 0 Å². The Balaban J connectivity index is 1.29. The maximum absolute atomic E-state index is 13.0. The van der Waals surface area contributed by atoms with Crippen molar-refractivity contribution >= 4 is 17.5 Å². The molecule has 3 unspecified atom stereocenters. The number of rotatable bonds is 5. The predicted octanol–water partition coefficient (Wildman–Crippen LogP) is 3.78. The van der Waals surface area contributed by atoms with E-state index in [-0.39, 0.29) is 23.8 Å². The molecule has 5 rings (SSSR count). The summed E-state index contributed by atoms with van der Waals surface area (Å²) < 4.78 is 1.77. The molecule has 1 aliphatic heterocycles. The lowest BCUT2D eigenvalue weighted by atomic mass is 9.72. The second kappa shape index (κ2) is 9.19. The van der Waals surface area contributed by atoms with Crippen molar-refractivity contribution in [1.82, 2.24) is 20.6 Å². The number of para-hydroxylation sites is 1. The number of anilines is 1. The van der Waals surface area contributed by atoms with Gasteiger partial charge >= 0.3 is 0 Å². The van der Waals surface area contributed by atoms with Crippen LogP contribution < -0.4 is 16.2 Å². The fourth-order valence-electron chi connectivity index (χ4n) is 5.22. The molecule has 0 bridgehead atoms. The zero-order valence-corrected chi connectivity index (χ0v) is 18.8. The van der Waals surface area contributed by atoms with Crippen molar-refractivity contribution in [1.29, 1.82) is 0 Å². The molecule has 2 fully saturated rings. The quantitative estimate of drug-likeness (QED) is 0.560. The molecule has 2 heterocycles. The molecule has 170 valence electrons. The van der Waals surface area contributed by atoms with Crippen molar-refractivity contribution in [2.75, 3.05) is 5.32 Å². The Morgan fingerprint density at radius 3 is 2.79 bits per heavy atom. The molecule has 3 atom stereocenters. The molecule has 1 aromatic heterocycles. The lowest BCUT2D eigenvalue weighted by molar-refractivity contribution is -0.133. The Hall–Kier alpha value is -3.45. The van der Waals surface area contributed by atoms with E-state index in [9.17, 15) is 9.59 Å². The third-order valence-electron chi connectivity index (χ3n) is 6.95. The highest BCUT2D eigenvalue weighted by atomic mass is 16.2. The number of nitrogens with zero attached hydrogens (tertiary/aromatic N) is 2. The minimum absolute atomic E-state index is 0.108. The molecule has 0 radical (unpaired) electrons. The summed E-state index contributed by atoms with van der Waals surface area (Å²) >= 11 is 0. The number of benzene rings is 2. The number of amides is 2. The van der Waals surface area contributed by atoms with Crippen molar-refractivity contribution in [2.24, 2.45) is 11.8 Å². The first-order valence-electron chi connectivity index (χ1n) is 11.7. The largest absolute Gasteiger partial charge is 0.322 e. The number of fused-ring (bicyclic) bond motifs is 1. The molecule has 0 spiro atoms. The molecule has 7 nitrogen and oxygen atoms in total. The van der Waals surface area contributed by atoms with E-state index in [1.807, 2.05) is 55.5 Å². The zero-order valence-electron chi connectivity index (χ0n) is 18.8.